The molecule has 0 aromatic carbocycles. The van der Waals surface area contributed by atoms with Crippen molar-refractivity contribution >= 4 is 5.91 Å². The predicted octanol–water partition coefficient (Wildman–Crippen LogP) is 2.41. The number of carbonyl (C=O) groups excluding carboxylic acids is 1. The van der Waals surface area contributed by atoms with E-state index < -0.39 is 0 Å². The maximum absolute atomic E-state index is 12.4. The van der Waals surface area contributed by atoms with E-state index in [1.165, 1.54) is 19.3 Å². The molecule has 1 N–H and O–H groups in total. The van der Waals surface area contributed by atoms with E-state index in [-0.39, 0.29) is 5.92 Å². The fraction of sp³-hybridized carbons (Fsp3) is 0.929. The molecule has 17 heavy (non-hydrogen) atoms. The van der Waals surface area contributed by atoms with Gasteiger partial charge in [-0.2, -0.15) is 0 Å². The summed E-state index contributed by atoms with van der Waals surface area (Å²) in [5.74, 6) is 0.586. The van der Waals surface area contributed by atoms with Crippen LogP contribution in [0.3, 0.4) is 0 Å². The molecule has 0 bridgehead atoms. The van der Waals surface area contributed by atoms with Gasteiger partial charge in [0.1, 0.15) is 0 Å². The monoisotopic (exact) mass is 240 g/mol. The topological polar surface area (TPSA) is 32.3 Å². The molecule has 3 nitrogen and oxygen atoms in total. The van der Waals surface area contributed by atoms with Crippen molar-refractivity contribution in [2.24, 2.45) is 5.92 Å². The first-order valence-corrected chi connectivity index (χ1v) is 7.15. The van der Waals surface area contributed by atoms with Crippen molar-refractivity contribution in [2.75, 3.05) is 20.1 Å². The summed E-state index contributed by atoms with van der Waals surface area (Å²) in [6.45, 7) is 6.21. The fourth-order valence-electron chi connectivity index (χ4n) is 2.74. The van der Waals surface area contributed by atoms with Gasteiger partial charge < -0.3 is 10.2 Å². The third-order valence-electron chi connectivity index (χ3n) is 3.78. The highest BCUT2D eigenvalue weighted by Gasteiger charge is 2.28. The Morgan fingerprint density at radius 1 is 1.47 bits per heavy atom. The van der Waals surface area contributed by atoms with Crippen LogP contribution in [0.4, 0.5) is 0 Å². The van der Waals surface area contributed by atoms with Crippen molar-refractivity contribution in [1.29, 1.82) is 0 Å². The average Bonchev–Trinajstić information content (AvgIpc) is 2.36. The van der Waals surface area contributed by atoms with Crippen molar-refractivity contribution in [3.63, 3.8) is 0 Å². The number of piperidine rings is 1. The minimum Gasteiger partial charge on any atom is -0.339 e. The normalized spacial score (nSPS) is 22.5. The first kappa shape index (κ1) is 14.5. The van der Waals surface area contributed by atoms with Gasteiger partial charge in [-0.1, -0.05) is 20.3 Å². The molecule has 100 valence electrons. The Labute approximate surface area is 106 Å². The molecule has 2 unspecified atom stereocenters. The Morgan fingerprint density at radius 3 is 2.88 bits per heavy atom. The molecular formula is C14H28N2O. The number of nitrogens with one attached hydrogen (secondary N) is 1. The van der Waals surface area contributed by atoms with E-state index in [1.807, 2.05) is 7.05 Å². The van der Waals surface area contributed by atoms with E-state index in [9.17, 15) is 4.79 Å². The minimum atomic E-state index is 0.204. The summed E-state index contributed by atoms with van der Waals surface area (Å²) in [6, 6.07) is 0.475. The predicted molar refractivity (Wildman–Crippen MR) is 72.0 cm³/mol. The third-order valence-corrected chi connectivity index (χ3v) is 3.78. The van der Waals surface area contributed by atoms with E-state index in [0.717, 1.165) is 32.4 Å². The molecule has 0 saturated carbocycles. The van der Waals surface area contributed by atoms with Crippen molar-refractivity contribution in [3.8, 4) is 0 Å². The van der Waals surface area contributed by atoms with E-state index in [1.54, 1.807) is 0 Å². The lowest BCUT2D eigenvalue weighted by atomic mass is 9.96. The Balaban J connectivity index is 2.53. The Hall–Kier alpha value is -0.570. The van der Waals surface area contributed by atoms with Crippen molar-refractivity contribution in [1.82, 2.24) is 10.2 Å². The number of rotatable bonds is 6. The van der Waals surface area contributed by atoms with Crippen molar-refractivity contribution in [2.45, 2.75) is 58.4 Å². The van der Waals surface area contributed by atoms with Crippen molar-refractivity contribution in [3.05, 3.63) is 0 Å². The summed E-state index contributed by atoms with van der Waals surface area (Å²) in [4.78, 5) is 14.5. The first-order valence-electron chi connectivity index (χ1n) is 7.15. The van der Waals surface area contributed by atoms with Gasteiger partial charge in [0.15, 0.2) is 0 Å². The minimum absolute atomic E-state index is 0.204. The van der Waals surface area contributed by atoms with E-state index in [2.05, 4.69) is 24.1 Å². The lowest BCUT2D eigenvalue weighted by Crippen LogP contribution is -2.46. The van der Waals surface area contributed by atoms with Crippen LogP contribution in [0.2, 0.25) is 0 Å². The smallest absolute Gasteiger partial charge is 0.225 e. The van der Waals surface area contributed by atoms with Gasteiger partial charge in [-0.15, -0.1) is 0 Å². The molecule has 1 heterocycles. The quantitative estimate of drug-likeness (QED) is 0.773. The van der Waals surface area contributed by atoms with Crippen LogP contribution < -0.4 is 5.32 Å². The number of nitrogens with zero attached hydrogens (tertiary/aromatic N) is 1. The highest BCUT2D eigenvalue weighted by atomic mass is 16.2. The van der Waals surface area contributed by atoms with E-state index >= 15 is 0 Å². The van der Waals surface area contributed by atoms with Gasteiger partial charge in [0.2, 0.25) is 5.91 Å². The zero-order valence-corrected chi connectivity index (χ0v) is 11.7. The van der Waals surface area contributed by atoms with Gasteiger partial charge in [0.05, 0.1) is 0 Å². The second kappa shape index (κ2) is 7.70. The largest absolute Gasteiger partial charge is 0.339 e. The molecular weight excluding hydrogens is 212 g/mol. The van der Waals surface area contributed by atoms with Crippen LogP contribution in [0.15, 0.2) is 0 Å². The van der Waals surface area contributed by atoms with E-state index in [0.29, 0.717) is 11.9 Å². The second-order valence-corrected chi connectivity index (χ2v) is 5.26. The summed E-state index contributed by atoms with van der Waals surface area (Å²) < 4.78 is 0. The number of likely N-dealkylation sites (tertiary alicyclic amines) is 1. The van der Waals surface area contributed by atoms with Crippen molar-refractivity contribution < 1.29 is 4.79 Å². The van der Waals surface area contributed by atoms with Gasteiger partial charge in [-0.05, 0) is 45.7 Å². The van der Waals surface area contributed by atoms with Crippen LogP contribution in [0.1, 0.15) is 52.4 Å². The summed E-state index contributed by atoms with van der Waals surface area (Å²) in [6.07, 6.45) is 6.87. The van der Waals surface area contributed by atoms with Gasteiger partial charge in [0.25, 0.3) is 0 Å². The number of amides is 1. The maximum Gasteiger partial charge on any atom is 0.225 e. The molecule has 3 heteroatoms. The third kappa shape index (κ3) is 4.30. The molecule has 0 aromatic heterocycles. The molecule has 1 rings (SSSR count). The fourth-order valence-corrected chi connectivity index (χ4v) is 2.74. The van der Waals surface area contributed by atoms with Gasteiger partial charge in [-0.3, -0.25) is 4.79 Å². The highest BCUT2D eigenvalue weighted by molar-refractivity contribution is 5.78. The van der Waals surface area contributed by atoms with Crippen LogP contribution in [0, 0.1) is 5.92 Å². The molecule has 1 aliphatic heterocycles. The molecule has 0 spiro atoms. The summed E-state index contributed by atoms with van der Waals surface area (Å²) in [7, 11) is 1.98. The average molecular weight is 240 g/mol. The Morgan fingerprint density at radius 2 is 2.24 bits per heavy atom. The van der Waals surface area contributed by atoms with Crippen LogP contribution in [0.25, 0.3) is 0 Å². The number of hydrogen-bond acceptors (Lipinski definition) is 2. The second-order valence-electron chi connectivity index (χ2n) is 5.26. The van der Waals surface area contributed by atoms with Gasteiger partial charge in [-0.25, -0.2) is 0 Å². The Bertz CT molecular complexity index is 230. The zero-order chi connectivity index (χ0) is 12.7. The van der Waals surface area contributed by atoms with Gasteiger partial charge >= 0.3 is 0 Å². The molecule has 2 atom stereocenters. The lowest BCUT2D eigenvalue weighted by molar-refractivity contribution is -0.139. The molecule has 0 aromatic rings. The molecule has 0 aliphatic carbocycles. The summed E-state index contributed by atoms with van der Waals surface area (Å²) >= 11 is 0. The molecule has 1 saturated heterocycles. The number of hydrogen-bond donors (Lipinski definition) is 1. The van der Waals surface area contributed by atoms with E-state index in [4.69, 9.17) is 0 Å². The number of carbonyl (C=O) groups is 1. The maximum atomic E-state index is 12.4. The van der Waals surface area contributed by atoms with Crippen LogP contribution >= 0.6 is 0 Å². The van der Waals surface area contributed by atoms with Crippen LogP contribution in [-0.2, 0) is 4.79 Å². The summed E-state index contributed by atoms with van der Waals surface area (Å²) in [5.41, 5.74) is 0. The van der Waals surface area contributed by atoms with Crippen LogP contribution in [-0.4, -0.2) is 37.0 Å². The highest BCUT2D eigenvalue weighted by Crippen LogP contribution is 2.22. The summed E-state index contributed by atoms with van der Waals surface area (Å²) in [5, 5.41) is 3.19. The Kier molecular flexibility index (Phi) is 6.56. The molecule has 1 amide bonds. The van der Waals surface area contributed by atoms with Crippen LogP contribution in [0.5, 0.6) is 0 Å². The SMILES string of the molecule is CCCC(C)C(=O)N1CCCCC1CCNC. The molecule has 1 aliphatic rings. The molecule has 1 fully saturated rings. The molecule has 0 radical (unpaired) electrons. The first-order chi connectivity index (χ1) is 8.20. The zero-order valence-electron chi connectivity index (χ0n) is 11.7. The van der Waals surface area contributed by atoms with Gasteiger partial charge in [0, 0.05) is 18.5 Å². The standard InChI is InChI=1S/C14H28N2O/c1-4-7-12(2)14(17)16-11-6-5-8-13(16)9-10-15-3/h12-13,15H,4-11H2,1-3H3. The lowest BCUT2D eigenvalue weighted by Gasteiger charge is -2.37.